The molecule has 6 heterocycles. The molecule has 3 fully saturated rings. The van der Waals surface area contributed by atoms with E-state index in [-0.39, 0.29) is 30.7 Å². The topological polar surface area (TPSA) is 190 Å². The fourth-order valence-corrected chi connectivity index (χ4v) is 10.7. The van der Waals surface area contributed by atoms with Crippen LogP contribution in [0.25, 0.3) is 22.4 Å². The molecule has 1 aliphatic carbocycles. The van der Waals surface area contributed by atoms with Crippen LogP contribution in [0.2, 0.25) is 0 Å². The van der Waals surface area contributed by atoms with Crippen molar-refractivity contribution >= 4 is 73.9 Å². The van der Waals surface area contributed by atoms with E-state index in [9.17, 15) is 32.0 Å². The molecule has 0 spiro atoms. The number of amides is 4. The molecule has 2 bridgehead atoms. The van der Waals surface area contributed by atoms with Crippen LogP contribution in [0.4, 0.5) is 9.18 Å². The average molecular weight is 880 g/mol. The molecule has 5 unspecified atom stereocenters. The zero-order chi connectivity index (χ0) is 43.2. The summed E-state index contributed by atoms with van der Waals surface area (Å²) in [6.45, 7) is 6.95. The van der Waals surface area contributed by atoms with Gasteiger partial charge in [0.05, 0.1) is 29.0 Å². The van der Waals surface area contributed by atoms with Crippen LogP contribution in [-0.4, -0.2) is 94.0 Å². The molecule has 326 valence electrons. The van der Waals surface area contributed by atoms with Crippen molar-refractivity contribution in [3.8, 4) is 0 Å². The Bertz CT molecular complexity index is 2530. The highest BCUT2D eigenvalue weighted by Crippen LogP contribution is 2.41. The molecule has 1 aromatic carbocycles. The van der Waals surface area contributed by atoms with Gasteiger partial charge < -0.3 is 28.5 Å². The number of alkyl carbamates (subject to hydrolysis) is 1. The summed E-state index contributed by atoms with van der Waals surface area (Å²) in [5.41, 5.74) is 1.26. The lowest BCUT2D eigenvalue weighted by Crippen LogP contribution is -2.63. The molecule has 2 aromatic heterocycles. The van der Waals surface area contributed by atoms with Crippen LogP contribution in [0.1, 0.15) is 97.7 Å². The number of furan rings is 2. The highest BCUT2D eigenvalue weighted by molar-refractivity contribution is 7.99. The Morgan fingerprint density at radius 2 is 1.85 bits per heavy atom. The van der Waals surface area contributed by atoms with E-state index in [4.69, 9.17) is 23.3 Å². The van der Waals surface area contributed by atoms with E-state index in [1.807, 2.05) is 19.1 Å². The molecule has 2 saturated heterocycles. The summed E-state index contributed by atoms with van der Waals surface area (Å²) in [6, 6.07) is 4.32. The van der Waals surface area contributed by atoms with Crippen molar-refractivity contribution in [2.75, 3.05) is 6.54 Å². The Labute approximate surface area is 357 Å². The van der Waals surface area contributed by atoms with Gasteiger partial charge in [0.1, 0.15) is 47.0 Å². The van der Waals surface area contributed by atoms with Gasteiger partial charge in [0, 0.05) is 17.0 Å². The second kappa shape index (κ2) is 17.0. The Hall–Kier alpha value is -5.10. The van der Waals surface area contributed by atoms with E-state index >= 15 is 0 Å². The Kier molecular flexibility index (Phi) is 11.9. The monoisotopic (exact) mass is 879 g/mol. The molecule has 8 rings (SSSR count). The van der Waals surface area contributed by atoms with Crippen LogP contribution < -0.4 is 20.7 Å². The van der Waals surface area contributed by atoms with Crippen molar-refractivity contribution < 1.29 is 50.3 Å². The van der Waals surface area contributed by atoms with E-state index in [0.29, 0.717) is 66.2 Å². The van der Waals surface area contributed by atoms with Gasteiger partial charge >= 0.3 is 6.09 Å². The fraction of sp³-hybridized carbons (Fsp3) is 0.512. The SMILES string of the molecule is CC1=c2c(oc3ccc(F)cc23)=C(OC2CC3C(=O)N4SC(C=CCCCCCC(NC(=O)OC(C)(C)C)C(=O)N3C2)C4C(=O)NS(=O)(=O)C2CC2)N=C(c2ccco2)CC1. The quantitative estimate of drug-likeness (QED) is 0.242. The second-order valence-corrected chi connectivity index (χ2v) is 20.3. The maximum Gasteiger partial charge on any atom is 0.408 e. The molecule has 5 aliphatic rings. The number of ether oxygens (including phenoxy) is 2. The summed E-state index contributed by atoms with van der Waals surface area (Å²) in [5.74, 6) is -1.87. The molecule has 1 saturated carbocycles. The number of fused-ring (bicyclic) bond motifs is 6. The predicted molar refractivity (Wildman–Crippen MR) is 225 cm³/mol. The van der Waals surface area contributed by atoms with Gasteiger partial charge in [-0.1, -0.05) is 30.6 Å². The van der Waals surface area contributed by atoms with Gasteiger partial charge in [-0.05, 0) is 115 Å². The van der Waals surface area contributed by atoms with E-state index in [2.05, 4.69) is 10.0 Å². The second-order valence-electron chi connectivity index (χ2n) is 17.2. The highest BCUT2D eigenvalue weighted by Gasteiger charge is 2.54. The van der Waals surface area contributed by atoms with Crippen LogP contribution in [0.15, 0.2) is 62.6 Å². The van der Waals surface area contributed by atoms with E-state index in [0.717, 1.165) is 30.4 Å². The zero-order valence-corrected chi connectivity index (χ0v) is 36.1. The van der Waals surface area contributed by atoms with Gasteiger partial charge in [-0.25, -0.2) is 22.6 Å². The van der Waals surface area contributed by atoms with Gasteiger partial charge in [0.2, 0.25) is 15.9 Å². The number of hydrogen-bond donors (Lipinski definition) is 2. The summed E-state index contributed by atoms with van der Waals surface area (Å²) in [6.07, 6.45) is 8.44. The van der Waals surface area contributed by atoms with Crippen molar-refractivity contribution in [1.29, 1.82) is 0 Å². The van der Waals surface area contributed by atoms with E-state index in [1.54, 1.807) is 32.9 Å². The first kappa shape index (κ1) is 42.6. The molecule has 18 heteroatoms. The number of hydrogen-bond acceptors (Lipinski definition) is 12. The van der Waals surface area contributed by atoms with Gasteiger partial charge in [-0.2, -0.15) is 0 Å². The first-order valence-corrected chi connectivity index (χ1v) is 23.2. The summed E-state index contributed by atoms with van der Waals surface area (Å²) >= 11 is 1.09. The van der Waals surface area contributed by atoms with Crippen molar-refractivity contribution in [3.63, 3.8) is 0 Å². The first-order valence-electron chi connectivity index (χ1n) is 20.8. The lowest BCUT2D eigenvalue weighted by molar-refractivity contribution is -0.145. The van der Waals surface area contributed by atoms with Gasteiger partial charge in [-0.15, -0.1) is 0 Å². The third-order valence-corrected chi connectivity index (χ3v) is 14.5. The fourth-order valence-electron chi connectivity index (χ4n) is 8.17. The number of sulfonamides is 1. The maximum absolute atomic E-state index is 14.8. The molecule has 2 N–H and O–H groups in total. The molecule has 4 amide bonds. The van der Waals surface area contributed by atoms with Crippen molar-refractivity contribution in [2.24, 2.45) is 4.99 Å². The minimum atomic E-state index is -3.93. The van der Waals surface area contributed by atoms with Crippen LogP contribution in [0, 0.1) is 5.82 Å². The summed E-state index contributed by atoms with van der Waals surface area (Å²) in [7, 11) is -3.93. The number of nitrogens with zero attached hydrogens (tertiary/aromatic N) is 3. The lowest BCUT2D eigenvalue weighted by Gasteiger charge is -2.45. The third kappa shape index (κ3) is 9.25. The Morgan fingerprint density at radius 1 is 1.05 bits per heavy atom. The van der Waals surface area contributed by atoms with E-state index < -0.39 is 80.0 Å². The van der Waals surface area contributed by atoms with Crippen LogP contribution in [0.3, 0.4) is 0 Å². The number of benzene rings is 1. The lowest BCUT2D eigenvalue weighted by atomic mass is 10.0. The maximum atomic E-state index is 14.8. The molecule has 3 aromatic rings. The van der Waals surface area contributed by atoms with Crippen LogP contribution in [0.5, 0.6) is 0 Å². The highest BCUT2D eigenvalue weighted by atomic mass is 32.2. The predicted octanol–water partition coefficient (Wildman–Crippen LogP) is 4.92. The van der Waals surface area contributed by atoms with Gasteiger partial charge in [0.25, 0.3) is 17.7 Å². The molecule has 4 aliphatic heterocycles. The minimum absolute atomic E-state index is 0.0409. The standard InChI is InChI=1S/C43H50FN5O10S2/c1-24-14-18-29(33-12-10-20-56-33)45-39(37-35(24)28-21-25(44)15-19-32(28)58-37)57-26-22-31-41(52)49-36(38(50)47-61(54,55)27-16-17-27)34(60-49)13-9-7-5-6-8-11-30(40(51)48(31)23-26)46-42(53)59-43(2,3)4/h9-10,12-13,15,19-21,26-27,30-31,34,36H,5-8,11,14,16-18,22-23H2,1-4H3,(H,46,53)(H,47,50). The third-order valence-electron chi connectivity index (χ3n) is 11.3. The average Bonchev–Trinajstić information content (AvgIpc) is 3.56. The van der Waals surface area contributed by atoms with Crippen molar-refractivity contribution in [3.05, 3.63) is 71.0 Å². The zero-order valence-electron chi connectivity index (χ0n) is 34.5. The summed E-state index contributed by atoms with van der Waals surface area (Å²) in [4.78, 5) is 62.9. The van der Waals surface area contributed by atoms with Gasteiger partial charge in [-0.3, -0.25) is 23.4 Å². The summed E-state index contributed by atoms with van der Waals surface area (Å²) in [5, 5.41) is 2.73. The van der Waals surface area contributed by atoms with E-state index in [1.165, 1.54) is 33.7 Å². The summed E-state index contributed by atoms with van der Waals surface area (Å²) < 4.78 is 68.3. The largest absolute Gasteiger partial charge is 0.470 e. The smallest absolute Gasteiger partial charge is 0.408 e. The molecule has 61 heavy (non-hydrogen) atoms. The Morgan fingerprint density at radius 3 is 2.59 bits per heavy atom. The molecule has 15 nitrogen and oxygen atoms in total. The number of carbonyl (C=O) groups is 4. The normalized spacial score (nSPS) is 25.3. The number of carbonyl (C=O) groups excluding carboxylic acids is 4. The van der Waals surface area contributed by atoms with Crippen LogP contribution in [-0.2, 0) is 33.9 Å². The van der Waals surface area contributed by atoms with Gasteiger partial charge in [0.15, 0.2) is 5.42 Å². The van der Waals surface area contributed by atoms with Crippen molar-refractivity contribution in [1.82, 2.24) is 19.2 Å². The number of aliphatic imine (C=N–C) groups is 1. The molecular formula is C43H50FN5O10S2. The molecular weight excluding hydrogens is 830 g/mol. The van der Waals surface area contributed by atoms with Crippen LogP contribution >= 0.6 is 11.9 Å². The number of rotatable bonds is 7. The number of nitrogens with one attached hydrogen (secondary N) is 2. The first-order chi connectivity index (χ1) is 29.1. The number of halogens is 1. The molecule has 0 radical (unpaired) electrons. The minimum Gasteiger partial charge on any atom is -0.470 e. The molecule has 5 atom stereocenters. The Balaban J connectivity index is 1.19. The number of allylic oxidation sites excluding steroid dienone is 1. The van der Waals surface area contributed by atoms with Crippen molar-refractivity contribution in [2.45, 2.75) is 132 Å².